The third-order valence-corrected chi connectivity index (χ3v) is 4.55. The summed E-state index contributed by atoms with van der Waals surface area (Å²) in [7, 11) is 0. The molecule has 0 spiro atoms. The second kappa shape index (κ2) is 7.13. The molecule has 2 aliphatic heterocycles. The Hall–Kier alpha value is -2.57. The number of nitrogens with one attached hydrogen (secondary N) is 3. The summed E-state index contributed by atoms with van der Waals surface area (Å²) in [5.74, 6) is 1.37. The van der Waals surface area contributed by atoms with E-state index >= 15 is 0 Å². The minimum absolute atomic E-state index is 0.0264. The SMILES string of the molecule is O=C(NCc1ccc2c(c1)OCCO2)C1CNNC1c1ccccc1. The largest absolute Gasteiger partial charge is 0.486 e. The number of rotatable bonds is 4. The average molecular weight is 339 g/mol. The Labute approximate surface area is 146 Å². The van der Waals surface area contributed by atoms with Gasteiger partial charge < -0.3 is 14.8 Å². The van der Waals surface area contributed by atoms with Crippen LogP contribution in [0.4, 0.5) is 0 Å². The van der Waals surface area contributed by atoms with Crippen molar-refractivity contribution in [1.82, 2.24) is 16.2 Å². The van der Waals surface area contributed by atoms with Crippen LogP contribution >= 0.6 is 0 Å². The van der Waals surface area contributed by atoms with Crippen molar-refractivity contribution in [3.8, 4) is 11.5 Å². The lowest BCUT2D eigenvalue weighted by atomic mass is 9.94. The number of amides is 1. The molecule has 2 aromatic rings. The maximum atomic E-state index is 12.6. The van der Waals surface area contributed by atoms with Crippen LogP contribution in [0, 0.1) is 5.92 Å². The van der Waals surface area contributed by atoms with Crippen LogP contribution in [0.15, 0.2) is 48.5 Å². The molecule has 130 valence electrons. The molecule has 0 aromatic heterocycles. The van der Waals surface area contributed by atoms with Crippen molar-refractivity contribution in [2.45, 2.75) is 12.6 Å². The fourth-order valence-corrected chi connectivity index (χ4v) is 3.24. The number of carbonyl (C=O) groups excluding carboxylic acids is 1. The quantitative estimate of drug-likeness (QED) is 0.788. The first kappa shape index (κ1) is 15.9. The zero-order valence-corrected chi connectivity index (χ0v) is 13.8. The Balaban J connectivity index is 1.40. The van der Waals surface area contributed by atoms with Gasteiger partial charge in [0.2, 0.25) is 5.91 Å². The molecule has 0 saturated carbocycles. The molecular formula is C19H21N3O3. The van der Waals surface area contributed by atoms with E-state index in [1.807, 2.05) is 48.5 Å². The highest BCUT2D eigenvalue weighted by Crippen LogP contribution is 2.31. The monoisotopic (exact) mass is 339 g/mol. The minimum atomic E-state index is -0.153. The summed E-state index contributed by atoms with van der Waals surface area (Å²) in [5.41, 5.74) is 8.39. The van der Waals surface area contributed by atoms with Crippen LogP contribution in [0.25, 0.3) is 0 Å². The number of ether oxygens (including phenoxy) is 2. The lowest BCUT2D eigenvalue weighted by molar-refractivity contribution is -0.125. The summed E-state index contributed by atoms with van der Waals surface area (Å²) in [5, 5.41) is 3.03. The molecule has 0 bridgehead atoms. The van der Waals surface area contributed by atoms with E-state index in [-0.39, 0.29) is 17.9 Å². The zero-order valence-electron chi connectivity index (χ0n) is 13.8. The van der Waals surface area contributed by atoms with Gasteiger partial charge in [-0.05, 0) is 23.3 Å². The van der Waals surface area contributed by atoms with Gasteiger partial charge in [-0.25, -0.2) is 5.43 Å². The standard InChI is InChI=1S/C19H21N3O3/c23-19(15-12-21-22-18(15)14-4-2-1-3-5-14)20-11-13-6-7-16-17(10-13)25-9-8-24-16/h1-7,10,15,18,21-22H,8-9,11-12H2,(H,20,23). The summed E-state index contributed by atoms with van der Waals surface area (Å²) in [6, 6.07) is 15.8. The first-order valence-corrected chi connectivity index (χ1v) is 8.51. The fraction of sp³-hybridized carbons (Fsp3) is 0.316. The topological polar surface area (TPSA) is 71.6 Å². The third kappa shape index (κ3) is 3.45. The Bertz CT molecular complexity index is 751. The van der Waals surface area contributed by atoms with Crippen molar-refractivity contribution in [1.29, 1.82) is 0 Å². The van der Waals surface area contributed by atoms with Crippen LogP contribution in [0.3, 0.4) is 0 Å². The Kier molecular flexibility index (Phi) is 4.54. The number of hydrogen-bond acceptors (Lipinski definition) is 5. The minimum Gasteiger partial charge on any atom is -0.486 e. The lowest BCUT2D eigenvalue weighted by Gasteiger charge is -2.20. The molecule has 2 heterocycles. The highest BCUT2D eigenvalue weighted by atomic mass is 16.6. The molecule has 4 rings (SSSR count). The van der Waals surface area contributed by atoms with Gasteiger partial charge in [0.05, 0.1) is 12.0 Å². The molecule has 2 atom stereocenters. The highest BCUT2D eigenvalue weighted by molar-refractivity contribution is 5.80. The van der Waals surface area contributed by atoms with Gasteiger partial charge in [0, 0.05) is 13.1 Å². The van der Waals surface area contributed by atoms with E-state index in [4.69, 9.17) is 9.47 Å². The summed E-state index contributed by atoms with van der Waals surface area (Å²) < 4.78 is 11.1. The van der Waals surface area contributed by atoms with Crippen molar-refractivity contribution in [2.24, 2.45) is 5.92 Å². The molecule has 2 unspecified atom stereocenters. The van der Waals surface area contributed by atoms with Gasteiger partial charge in [-0.2, -0.15) is 0 Å². The number of benzene rings is 2. The van der Waals surface area contributed by atoms with E-state index in [2.05, 4.69) is 16.2 Å². The normalized spacial score (nSPS) is 21.8. The molecule has 1 saturated heterocycles. The van der Waals surface area contributed by atoms with Gasteiger partial charge in [0.25, 0.3) is 0 Å². The molecule has 1 amide bonds. The van der Waals surface area contributed by atoms with E-state index in [1.54, 1.807) is 0 Å². The van der Waals surface area contributed by atoms with Gasteiger partial charge in [-0.3, -0.25) is 10.2 Å². The molecule has 1 fully saturated rings. The van der Waals surface area contributed by atoms with Gasteiger partial charge in [-0.15, -0.1) is 0 Å². The molecule has 25 heavy (non-hydrogen) atoms. The maximum absolute atomic E-state index is 12.6. The predicted octanol–water partition coefficient (Wildman–Crippen LogP) is 1.54. The first-order valence-electron chi connectivity index (χ1n) is 8.51. The van der Waals surface area contributed by atoms with Crippen LogP contribution < -0.4 is 25.6 Å². The Morgan fingerprint density at radius 3 is 2.72 bits per heavy atom. The lowest BCUT2D eigenvalue weighted by Crippen LogP contribution is -2.34. The number of carbonyl (C=O) groups is 1. The van der Waals surface area contributed by atoms with Crippen molar-refractivity contribution in [3.63, 3.8) is 0 Å². The van der Waals surface area contributed by atoms with Crippen LogP contribution in [-0.4, -0.2) is 25.7 Å². The molecule has 0 radical (unpaired) electrons. The van der Waals surface area contributed by atoms with Crippen LogP contribution in [-0.2, 0) is 11.3 Å². The highest BCUT2D eigenvalue weighted by Gasteiger charge is 2.33. The molecule has 2 aliphatic rings. The average Bonchev–Trinajstić information content (AvgIpc) is 3.16. The van der Waals surface area contributed by atoms with Crippen molar-refractivity contribution in [2.75, 3.05) is 19.8 Å². The summed E-state index contributed by atoms with van der Waals surface area (Å²) >= 11 is 0. The predicted molar refractivity (Wildman–Crippen MR) is 93.1 cm³/mol. The van der Waals surface area contributed by atoms with E-state index in [9.17, 15) is 4.79 Å². The fourth-order valence-electron chi connectivity index (χ4n) is 3.24. The zero-order chi connectivity index (χ0) is 17.1. The van der Waals surface area contributed by atoms with Gasteiger partial charge >= 0.3 is 0 Å². The van der Waals surface area contributed by atoms with E-state index in [0.717, 1.165) is 22.6 Å². The second-order valence-corrected chi connectivity index (χ2v) is 6.22. The van der Waals surface area contributed by atoms with E-state index in [0.29, 0.717) is 26.3 Å². The summed E-state index contributed by atoms with van der Waals surface area (Å²) in [6.07, 6.45) is 0. The van der Waals surface area contributed by atoms with E-state index < -0.39 is 0 Å². The van der Waals surface area contributed by atoms with E-state index in [1.165, 1.54) is 0 Å². The van der Waals surface area contributed by atoms with Gasteiger partial charge in [-0.1, -0.05) is 36.4 Å². The van der Waals surface area contributed by atoms with Crippen LogP contribution in [0.2, 0.25) is 0 Å². The Morgan fingerprint density at radius 1 is 1.08 bits per heavy atom. The van der Waals surface area contributed by atoms with Crippen molar-refractivity contribution >= 4 is 5.91 Å². The van der Waals surface area contributed by atoms with Crippen LogP contribution in [0.1, 0.15) is 17.2 Å². The molecule has 6 heteroatoms. The smallest absolute Gasteiger partial charge is 0.226 e. The maximum Gasteiger partial charge on any atom is 0.226 e. The third-order valence-electron chi connectivity index (χ3n) is 4.55. The molecule has 0 aliphatic carbocycles. The van der Waals surface area contributed by atoms with Crippen molar-refractivity contribution < 1.29 is 14.3 Å². The molecule has 2 aromatic carbocycles. The molecular weight excluding hydrogens is 318 g/mol. The summed E-state index contributed by atoms with van der Waals surface area (Å²) in [4.78, 5) is 12.6. The van der Waals surface area contributed by atoms with Crippen LogP contribution in [0.5, 0.6) is 11.5 Å². The number of hydrogen-bond donors (Lipinski definition) is 3. The number of hydrazine groups is 1. The molecule has 3 N–H and O–H groups in total. The van der Waals surface area contributed by atoms with Gasteiger partial charge in [0.15, 0.2) is 11.5 Å². The second-order valence-electron chi connectivity index (χ2n) is 6.22. The van der Waals surface area contributed by atoms with Crippen molar-refractivity contribution in [3.05, 3.63) is 59.7 Å². The first-order chi connectivity index (χ1) is 12.3. The number of fused-ring (bicyclic) bond motifs is 1. The molecule has 6 nitrogen and oxygen atoms in total. The Morgan fingerprint density at radius 2 is 1.88 bits per heavy atom. The van der Waals surface area contributed by atoms with Gasteiger partial charge in [0.1, 0.15) is 13.2 Å². The summed E-state index contributed by atoms with van der Waals surface area (Å²) in [6.45, 7) is 2.20.